The van der Waals surface area contributed by atoms with Crippen LogP contribution in [0.1, 0.15) is 33.6 Å². The van der Waals surface area contributed by atoms with E-state index in [1.165, 1.54) is 0 Å². The van der Waals surface area contributed by atoms with Crippen molar-refractivity contribution < 1.29 is 70.9 Å². The molecule has 1 aliphatic rings. The van der Waals surface area contributed by atoms with Crippen molar-refractivity contribution in [3.63, 3.8) is 0 Å². The Kier molecular flexibility index (Phi) is 79.7. The molecule has 8 nitrogen and oxygen atoms in total. The molecule has 1 saturated heterocycles. The van der Waals surface area contributed by atoms with Crippen LogP contribution in [-0.2, 0) is 70.9 Å². The van der Waals surface area contributed by atoms with Crippen molar-refractivity contribution in [2.45, 2.75) is 39.4 Å². The Bertz CT molecular complexity index is 463. The van der Waals surface area contributed by atoms with Crippen molar-refractivity contribution in [3.8, 4) is 11.8 Å². The van der Waals surface area contributed by atoms with E-state index in [2.05, 4.69) is 58.3 Å². The number of hydrogen-bond acceptors (Lipinski definition) is 2. The van der Waals surface area contributed by atoms with Crippen LogP contribution in [0.4, 0.5) is 0 Å². The topological polar surface area (TPSA) is 138 Å². The van der Waals surface area contributed by atoms with E-state index in [1.54, 1.807) is 0 Å². The van der Waals surface area contributed by atoms with Gasteiger partial charge in [0.1, 0.15) is 0 Å². The molecule has 10 heteroatoms. The largest absolute Gasteiger partial charge is 0 e. The van der Waals surface area contributed by atoms with Crippen molar-refractivity contribution in [2.75, 3.05) is 13.2 Å². The van der Waals surface area contributed by atoms with E-state index in [1.807, 2.05) is 26.8 Å². The quantitative estimate of drug-likeness (QED) is 0.258. The first kappa shape index (κ1) is 50.9. The Morgan fingerprint density at radius 3 is 1.38 bits per heavy atom. The summed E-state index contributed by atoms with van der Waals surface area (Å²) in [6.07, 6.45) is 3.62. The maximum atomic E-state index is 7.50. The van der Waals surface area contributed by atoms with Crippen LogP contribution in [0.25, 0.3) is 0 Å². The molecule has 1 aliphatic heterocycles. The average Bonchev–Trinajstić information content (AvgIpc) is 2.77. The van der Waals surface area contributed by atoms with Crippen molar-refractivity contribution in [1.82, 2.24) is 0 Å². The first-order valence-electron chi connectivity index (χ1n) is 6.54. The SMILES string of the molecule is C=CCC1(CC#CC)COC(C)(C)OC1.[C-]#[O+].[C-]#[O+].[C-]#[O+].[C-]#[O+].[C-]#[O+].[C-]#[O+].[Co].[Co]. The minimum absolute atomic E-state index is 0. The van der Waals surface area contributed by atoms with Crippen LogP contribution in [0, 0.1) is 57.2 Å². The third-order valence-corrected chi connectivity index (χ3v) is 2.67. The second-order valence-electron chi connectivity index (χ2n) is 4.57. The van der Waals surface area contributed by atoms with Crippen LogP contribution in [0.2, 0.25) is 0 Å². The smallest absolute Gasteiger partial charge is 0 e. The Labute approximate surface area is 193 Å². The van der Waals surface area contributed by atoms with Gasteiger partial charge in [-0.25, -0.2) is 0 Å². The third-order valence-electron chi connectivity index (χ3n) is 2.67. The first-order chi connectivity index (χ1) is 13.0. The van der Waals surface area contributed by atoms with Crippen LogP contribution in [0.5, 0.6) is 0 Å². The Morgan fingerprint density at radius 2 is 1.14 bits per heavy atom. The van der Waals surface area contributed by atoms with Gasteiger partial charge in [-0.15, -0.1) is 18.4 Å². The Morgan fingerprint density at radius 1 is 0.828 bits per heavy atom. The molecule has 29 heavy (non-hydrogen) atoms. The summed E-state index contributed by atoms with van der Waals surface area (Å²) < 4.78 is 56.4. The molecule has 0 aromatic rings. The summed E-state index contributed by atoms with van der Waals surface area (Å²) in [5, 5.41) is 0. The third kappa shape index (κ3) is 34.6. The summed E-state index contributed by atoms with van der Waals surface area (Å²) in [6, 6.07) is 0. The van der Waals surface area contributed by atoms with Crippen molar-refractivity contribution >= 4 is 0 Å². The van der Waals surface area contributed by atoms with Gasteiger partial charge >= 0.3 is 67.8 Å². The van der Waals surface area contributed by atoms with E-state index < -0.39 is 5.79 Å². The zero-order valence-corrected chi connectivity index (χ0v) is 18.1. The number of allylic oxidation sites excluding steroid dienone is 1. The van der Waals surface area contributed by atoms with Gasteiger partial charge in [-0.2, -0.15) is 0 Å². The predicted octanol–water partition coefficient (Wildman–Crippen LogP) is 2.52. The van der Waals surface area contributed by atoms with E-state index in [-0.39, 0.29) is 39.0 Å². The molecule has 0 aromatic carbocycles. The van der Waals surface area contributed by atoms with Crippen molar-refractivity contribution in [3.05, 3.63) is 52.6 Å². The Hall–Kier alpha value is -1.33. The number of rotatable bonds is 3. The fourth-order valence-electron chi connectivity index (χ4n) is 1.61. The molecular weight excluding hydrogens is 474 g/mol. The standard InChI is InChI=1S/C13H20O2.6CO.2Co/c1-5-7-9-13(8-6-2)10-14-12(3,4)15-11-13;6*1-2;;/h6H,2,8-11H2,1,3-4H3;;;;;;;;. The van der Waals surface area contributed by atoms with E-state index in [9.17, 15) is 0 Å². The molecule has 0 atom stereocenters. The fourth-order valence-corrected chi connectivity index (χ4v) is 1.61. The van der Waals surface area contributed by atoms with Gasteiger partial charge in [-0.3, -0.25) is 0 Å². The van der Waals surface area contributed by atoms with Crippen molar-refractivity contribution in [2.24, 2.45) is 5.41 Å². The second-order valence-corrected chi connectivity index (χ2v) is 4.57. The molecule has 0 aromatic heterocycles. The monoisotopic (exact) mass is 494 g/mol. The summed E-state index contributed by atoms with van der Waals surface area (Å²) in [7, 11) is 0. The molecule has 0 spiro atoms. The summed E-state index contributed by atoms with van der Waals surface area (Å²) in [5.41, 5.74) is 0.000278. The minimum Gasteiger partial charge on any atom is 0 e. The molecule has 0 aliphatic carbocycles. The summed E-state index contributed by atoms with van der Waals surface area (Å²) in [6.45, 7) is 37.9. The zero-order chi connectivity index (χ0) is 23.4. The van der Waals surface area contributed by atoms with Crippen LogP contribution >= 0.6 is 0 Å². The van der Waals surface area contributed by atoms with Crippen LogP contribution in [0.3, 0.4) is 0 Å². The van der Waals surface area contributed by atoms with Crippen molar-refractivity contribution in [1.29, 1.82) is 0 Å². The normalized spacial score (nSPS) is 12.1. The molecular formula is C19H20Co2O8. The van der Waals surface area contributed by atoms with E-state index in [4.69, 9.17) is 37.4 Å². The molecule has 1 heterocycles. The van der Waals surface area contributed by atoms with Gasteiger partial charge in [-0.05, 0) is 27.2 Å². The zero-order valence-electron chi connectivity index (χ0n) is 16.0. The molecule has 1 rings (SSSR count). The maximum Gasteiger partial charge on any atom is 0 e. The maximum absolute atomic E-state index is 7.50. The van der Waals surface area contributed by atoms with Gasteiger partial charge in [0, 0.05) is 45.4 Å². The van der Waals surface area contributed by atoms with Crippen LogP contribution < -0.4 is 0 Å². The predicted molar refractivity (Wildman–Crippen MR) is 84.9 cm³/mol. The molecule has 0 N–H and O–H groups in total. The molecule has 0 unspecified atom stereocenters. The van der Waals surface area contributed by atoms with Gasteiger partial charge in [-0.1, -0.05) is 6.08 Å². The van der Waals surface area contributed by atoms with Gasteiger partial charge in [0.2, 0.25) is 0 Å². The summed E-state index contributed by atoms with van der Waals surface area (Å²) in [5.74, 6) is 5.58. The van der Waals surface area contributed by atoms with Gasteiger partial charge in [0.25, 0.3) is 0 Å². The van der Waals surface area contributed by atoms with Crippen LogP contribution in [-0.4, -0.2) is 19.0 Å². The summed E-state index contributed by atoms with van der Waals surface area (Å²) >= 11 is 0. The molecule has 1 fully saturated rings. The minimum atomic E-state index is -0.454. The fraction of sp³-hybridized carbons (Fsp3) is 0.474. The van der Waals surface area contributed by atoms with E-state index in [0.29, 0.717) is 13.2 Å². The molecule has 0 bridgehead atoms. The molecule has 0 amide bonds. The van der Waals surface area contributed by atoms with Gasteiger partial charge in [0.15, 0.2) is 5.79 Å². The van der Waals surface area contributed by atoms with Gasteiger partial charge < -0.3 is 9.47 Å². The van der Waals surface area contributed by atoms with Crippen LogP contribution in [0.15, 0.2) is 12.7 Å². The second kappa shape index (κ2) is 45.4. The number of hydrogen-bond donors (Lipinski definition) is 0. The first-order valence-corrected chi connectivity index (χ1v) is 6.54. The molecule has 0 saturated carbocycles. The van der Waals surface area contributed by atoms with E-state index >= 15 is 0 Å². The molecule has 2 radical (unpaired) electrons. The van der Waals surface area contributed by atoms with E-state index in [0.717, 1.165) is 12.8 Å². The number of ether oxygens (including phenoxy) is 2. The van der Waals surface area contributed by atoms with Gasteiger partial charge in [0.05, 0.1) is 13.2 Å². The Balaban J connectivity index is -0.0000000453. The molecule has 162 valence electrons. The average molecular weight is 494 g/mol. The summed E-state index contributed by atoms with van der Waals surface area (Å²) in [4.78, 5) is 0.